The molecule has 1 aliphatic rings. The molecule has 0 radical (unpaired) electrons. The Morgan fingerprint density at radius 2 is 2.40 bits per heavy atom. The summed E-state index contributed by atoms with van der Waals surface area (Å²) in [6, 6.07) is 0. The molecule has 0 aromatic rings. The van der Waals surface area contributed by atoms with Crippen molar-refractivity contribution in [2.24, 2.45) is 0 Å². The normalized spacial score (nSPS) is 20.0. The van der Waals surface area contributed by atoms with Crippen molar-refractivity contribution in [2.75, 3.05) is 31.2 Å². The van der Waals surface area contributed by atoms with Gasteiger partial charge in [0.1, 0.15) is 0 Å². The molecule has 1 amide bonds. The first-order chi connectivity index (χ1) is 7.05. The SMILES string of the molecule is CC1(C)CN(C(=O)CSCC=N)CCO1. The van der Waals surface area contributed by atoms with Crippen LogP contribution in [0.1, 0.15) is 13.8 Å². The molecule has 1 saturated heterocycles. The van der Waals surface area contributed by atoms with Crippen LogP contribution >= 0.6 is 11.8 Å². The lowest BCUT2D eigenvalue weighted by molar-refractivity contribution is -0.143. The van der Waals surface area contributed by atoms with Crippen molar-refractivity contribution in [3.63, 3.8) is 0 Å². The zero-order chi connectivity index (χ0) is 11.3. The molecule has 0 bridgehead atoms. The maximum atomic E-state index is 11.7. The predicted octanol–water partition coefficient (Wildman–Crippen LogP) is 1.01. The molecule has 0 unspecified atom stereocenters. The number of thioether (sulfide) groups is 1. The molecular formula is C10H18N2O2S. The van der Waals surface area contributed by atoms with E-state index in [9.17, 15) is 4.79 Å². The van der Waals surface area contributed by atoms with Crippen LogP contribution in [0.2, 0.25) is 0 Å². The van der Waals surface area contributed by atoms with Gasteiger partial charge in [0, 0.05) is 25.1 Å². The number of rotatable bonds is 4. The molecule has 0 aromatic carbocycles. The fourth-order valence-electron chi connectivity index (χ4n) is 1.53. The Bertz CT molecular complexity index is 244. The van der Waals surface area contributed by atoms with E-state index in [0.29, 0.717) is 31.2 Å². The summed E-state index contributed by atoms with van der Waals surface area (Å²) in [6.45, 7) is 5.96. The summed E-state index contributed by atoms with van der Waals surface area (Å²) < 4.78 is 5.53. The standard InChI is InChI=1S/C10H18N2O2S/c1-10(2)8-12(4-5-14-10)9(13)7-15-6-3-11/h3,11H,4-8H2,1-2H3. The van der Waals surface area contributed by atoms with Gasteiger partial charge in [-0.25, -0.2) is 0 Å². The topological polar surface area (TPSA) is 53.4 Å². The highest BCUT2D eigenvalue weighted by molar-refractivity contribution is 8.00. The van der Waals surface area contributed by atoms with Crippen molar-refractivity contribution in [3.8, 4) is 0 Å². The van der Waals surface area contributed by atoms with Crippen LogP contribution in [0, 0.1) is 5.41 Å². The average molecular weight is 230 g/mol. The second-order valence-electron chi connectivity index (χ2n) is 4.14. The molecule has 1 rings (SSSR count). The fourth-order valence-corrected chi connectivity index (χ4v) is 2.12. The van der Waals surface area contributed by atoms with Gasteiger partial charge in [-0.2, -0.15) is 0 Å². The highest BCUT2D eigenvalue weighted by Gasteiger charge is 2.29. The third-order valence-corrected chi connectivity index (χ3v) is 3.06. The van der Waals surface area contributed by atoms with Crippen LogP contribution in [-0.2, 0) is 9.53 Å². The van der Waals surface area contributed by atoms with Gasteiger partial charge in [-0.3, -0.25) is 4.79 Å². The van der Waals surface area contributed by atoms with Gasteiger partial charge in [0.2, 0.25) is 5.91 Å². The summed E-state index contributed by atoms with van der Waals surface area (Å²) in [5.41, 5.74) is -0.222. The molecule has 0 atom stereocenters. The number of carbonyl (C=O) groups is 1. The smallest absolute Gasteiger partial charge is 0.232 e. The van der Waals surface area contributed by atoms with E-state index < -0.39 is 0 Å². The number of nitrogens with zero attached hydrogens (tertiary/aromatic N) is 1. The summed E-state index contributed by atoms with van der Waals surface area (Å²) in [5, 5.41) is 6.86. The Hall–Kier alpha value is -0.550. The molecule has 5 heteroatoms. The van der Waals surface area contributed by atoms with Crippen molar-refractivity contribution < 1.29 is 9.53 Å². The fraction of sp³-hybridized carbons (Fsp3) is 0.800. The molecule has 0 saturated carbocycles. The Morgan fingerprint density at radius 3 is 3.00 bits per heavy atom. The largest absolute Gasteiger partial charge is 0.372 e. The first-order valence-corrected chi connectivity index (χ1v) is 6.19. The number of hydrogen-bond acceptors (Lipinski definition) is 4. The van der Waals surface area contributed by atoms with Gasteiger partial charge in [-0.15, -0.1) is 11.8 Å². The summed E-state index contributed by atoms with van der Waals surface area (Å²) in [4.78, 5) is 13.6. The van der Waals surface area contributed by atoms with E-state index in [0.717, 1.165) is 0 Å². The minimum atomic E-state index is -0.222. The van der Waals surface area contributed by atoms with Crippen LogP contribution in [0.25, 0.3) is 0 Å². The summed E-state index contributed by atoms with van der Waals surface area (Å²) in [7, 11) is 0. The molecule has 0 aromatic heterocycles. The molecule has 0 spiro atoms. The van der Waals surface area contributed by atoms with E-state index in [2.05, 4.69) is 0 Å². The zero-order valence-electron chi connectivity index (χ0n) is 9.28. The minimum absolute atomic E-state index is 0.151. The van der Waals surface area contributed by atoms with Crippen LogP contribution in [0.3, 0.4) is 0 Å². The van der Waals surface area contributed by atoms with Gasteiger partial charge in [0.15, 0.2) is 0 Å². The van der Waals surface area contributed by atoms with Gasteiger partial charge >= 0.3 is 0 Å². The number of amides is 1. The van der Waals surface area contributed by atoms with Crippen molar-refractivity contribution in [3.05, 3.63) is 0 Å². The molecule has 1 aliphatic heterocycles. The highest BCUT2D eigenvalue weighted by atomic mass is 32.2. The highest BCUT2D eigenvalue weighted by Crippen LogP contribution is 2.17. The molecule has 1 fully saturated rings. The lowest BCUT2D eigenvalue weighted by Gasteiger charge is -2.38. The van der Waals surface area contributed by atoms with Crippen molar-refractivity contribution >= 4 is 23.9 Å². The minimum Gasteiger partial charge on any atom is -0.372 e. The van der Waals surface area contributed by atoms with Gasteiger partial charge in [-0.05, 0) is 13.8 Å². The number of nitrogens with one attached hydrogen (secondary N) is 1. The van der Waals surface area contributed by atoms with Crippen LogP contribution in [-0.4, -0.2) is 53.8 Å². The van der Waals surface area contributed by atoms with Crippen molar-refractivity contribution in [1.82, 2.24) is 4.90 Å². The van der Waals surface area contributed by atoms with Crippen molar-refractivity contribution in [2.45, 2.75) is 19.4 Å². The van der Waals surface area contributed by atoms with Crippen LogP contribution in [0.5, 0.6) is 0 Å². The van der Waals surface area contributed by atoms with E-state index in [-0.39, 0.29) is 11.5 Å². The van der Waals surface area contributed by atoms with E-state index in [1.165, 1.54) is 18.0 Å². The molecule has 1 heterocycles. The lowest BCUT2D eigenvalue weighted by Crippen LogP contribution is -2.51. The number of morpholine rings is 1. The third-order valence-electron chi connectivity index (χ3n) is 2.21. The van der Waals surface area contributed by atoms with E-state index in [1.807, 2.05) is 18.7 Å². The van der Waals surface area contributed by atoms with E-state index in [4.69, 9.17) is 10.1 Å². The van der Waals surface area contributed by atoms with Gasteiger partial charge in [0.25, 0.3) is 0 Å². The Balaban J connectivity index is 2.35. The molecular weight excluding hydrogens is 212 g/mol. The Labute approximate surface area is 94.9 Å². The van der Waals surface area contributed by atoms with Crippen LogP contribution in [0.4, 0.5) is 0 Å². The molecule has 1 N–H and O–H groups in total. The number of hydrogen-bond donors (Lipinski definition) is 1. The number of ether oxygens (including phenoxy) is 1. The second kappa shape index (κ2) is 5.51. The Kier molecular flexibility index (Phi) is 4.60. The zero-order valence-corrected chi connectivity index (χ0v) is 10.1. The van der Waals surface area contributed by atoms with Crippen molar-refractivity contribution in [1.29, 1.82) is 5.41 Å². The van der Waals surface area contributed by atoms with Gasteiger partial charge < -0.3 is 15.0 Å². The molecule has 15 heavy (non-hydrogen) atoms. The number of carbonyl (C=O) groups excluding carboxylic acids is 1. The van der Waals surface area contributed by atoms with Gasteiger partial charge in [-0.1, -0.05) is 0 Å². The Morgan fingerprint density at radius 1 is 1.67 bits per heavy atom. The first kappa shape index (κ1) is 12.5. The van der Waals surface area contributed by atoms with Gasteiger partial charge in [0.05, 0.1) is 18.0 Å². The van der Waals surface area contributed by atoms with Crippen LogP contribution < -0.4 is 0 Å². The molecule has 0 aliphatic carbocycles. The molecule has 86 valence electrons. The first-order valence-electron chi connectivity index (χ1n) is 5.03. The van der Waals surface area contributed by atoms with E-state index >= 15 is 0 Å². The summed E-state index contributed by atoms with van der Waals surface area (Å²) in [5.74, 6) is 1.23. The maximum Gasteiger partial charge on any atom is 0.232 e. The summed E-state index contributed by atoms with van der Waals surface area (Å²) >= 11 is 1.48. The predicted molar refractivity (Wildman–Crippen MR) is 62.7 cm³/mol. The maximum absolute atomic E-state index is 11.7. The monoisotopic (exact) mass is 230 g/mol. The summed E-state index contributed by atoms with van der Waals surface area (Å²) in [6.07, 6.45) is 1.32. The van der Waals surface area contributed by atoms with Crippen LogP contribution in [0.15, 0.2) is 0 Å². The lowest BCUT2D eigenvalue weighted by atomic mass is 10.1. The molecule has 4 nitrogen and oxygen atoms in total. The quantitative estimate of drug-likeness (QED) is 0.579. The average Bonchev–Trinajstić information content (AvgIpc) is 2.16. The second-order valence-corrected chi connectivity index (χ2v) is 5.17. The van der Waals surface area contributed by atoms with E-state index in [1.54, 1.807) is 0 Å². The third kappa shape index (κ3) is 4.22.